The molecule has 2 heterocycles. The molecule has 3 fully saturated rings. The second-order valence-electron chi connectivity index (χ2n) is 7.35. The smallest absolute Gasteiger partial charge is 0.323 e. The van der Waals surface area contributed by atoms with Crippen LogP contribution in [0.2, 0.25) is 0 Å². The molecule has 1 aliphatic carbocycles. The number of imide groups is 1. The number of hydrogen-bond acceptors (Lipinski definition) is 4. The van der Waals surface area contributed by atoms with Crippen LogP contribution in [0.1, 0.15) is 44.9 Å². The Hall–Kier alpha value is -0.850. The van der Waals surface area contributed by atoms with E-state index in [1.54, 1.807) is 0 Å². The molecule has 138 valence electrons. The van der Waals surface area contributed by atoms with Gasteiger partial charge in [0.15, 0.2) is 0 Å². The lowest BCUT2D eigenvalue weighted by Crippen LogP contribution is -2.45. The summed E-state index contributed by atoms with van der Waals surface area (Å²) in [5, 5.41) is 6.18. The van der Waals surface area contributed by atoms with Crippen molar-refractivity contribution in [3.05, 3.63) is 0 Å². The molecule has 0 aromatic carbocycles. The summed E-state index contributed by atoms with van der Waals surface area (Å²) in [6.45, 7) is 4.61. The van der Waals surface area contributed by atoms with E-state index in [-0.39, 0.29) is 24.3 Å². The van der Waals surface area contributed by atoms with Crippen LogP contribution in [0.4, 0.5) is 4.79 Å². The Morgan fingerprint density at radius 2 is 1.83 bits per heavy atom. The largest absolute Gasteiger partial charge is 0.325 e. The molecule has 3 aliphatic rings. The highest BCUT2D eigenvalue weighted by molar-refractivity contribution is 6.07. The Bertz CT molecular complexity index is 446. The molecular formula is C17H31ClN4O2. The minimum Gasteiger partial charge on any atom is -0.323 e. The lowest BCUT2D eigenvalue weighted by atomic mass is 9.93. The second kappa shape index (κ2) is 8.50. The van der Waals surface area contributed by atoms with Crippen LogP contribution in [0.25, 0.3) is 0 Å². The maximum absolute atomic E-state index is 12.6. The molecule has 3 amide bonds. The van der Waals surface area contributed by atoms with E-state index >= 15 is 0 Å². The van der Waals surface area contributed by atoms with E-state index in [1.165, 1.54) is 24.2 Å². The van der Waals surface area contributed by atoms with Crippen molar-refractivity contribution in [2.24, 2.45) is 5.92 Å². The van der Waals surface area contributed by atoms with Crippen molar-refractivity contribution in [1.82, 2.24) is 20.4 Å². The van der Waals surface area contributed by atoms with Crippen molar-refractivity contribution in [3.63, 3.8) is 0 Å². The maximum atomic E-state index is 12.6. The predicted molar refractivity (Wildman–Crippen MR) is 96.4 cm³/mol. The second-order valence-corrected chi connectivity index (χ2v) is 7.35. The molecule has 0 unspecified atom stereocenters. The van der Waals surface area contributed by atoms with Crippen molar-refractivity contribution in [2.75, 3.05) is 39.8 Å². The van der Waals surface area contributed by atoms with Crippen molar-refractivity contribution in [3.8, 4) is 0 Å². The first-order valence-corrected chi connectivity index (χ1v) is 9.16. The predicted octanol–water partition coefficient (Wildman–Crippen LogP) is 1.59. The fourth-order valence-corrected chi connectivity index (χ4v) is 4.29. The van der Waals surface area contributed by atoms with Crippen LogP contribution in [0.15, 0.2) is 0 Å². The van der Waals surface area contributed by atoms with Crippen LogP contribution in [-0.2, 0) is 4.79 Å². The lowest BCUT2D eigenvalue weighted by molar-refractivity contribution is -0.131. The monoisotopic (exact) mass is 358 g/mol. The number of nitrogens with one attached hydrogen (secondary N) is 2. The number of amides is 3. The molecule has 24 heavy (non-hydrogen) atoms. The van der Waals surface area contributed by atoms with Gasteiger partial charge >= 0.3 is 6.03 Å². The third kappa shape index (κ3) is 4.03. The number of carbonyl (C=O) groups is 2. The highest BCUT2D eigenvalue weighted by atomic mass is 35.5. The Morgan fingerprint density at radius 1 is 1.17 bits per heavy atom. The molecule has 2 saturated heterocycles. The molecule has 1 spiro atoms. The van der Waals surface area contributed by atoms with Gasteiger partial charge in [-0.1, -0.05) is 12.8 Å². The zero-order chi connectivity index (χ0) is 16.3. The van der Waals surface area contributed by atoms with Crippen LogP contribution >= 0.6 is 12.4 Å². The van der Waals surface area contributed by atoms with Crippen molar-refractivity contribution in [1.29, 1.82) is 0 Å². The first kappa shape index (κ1) is 19.5. The first-order valence-electron chi connectivity index (χ1n) is 9.16. The number of rotatable bonds is 6. The SMILES string of the molecule is CNCCC1CCN(CCN2C(=O)NC3(CCCC3)C2=O)CC1.Cl. The number of hydrogen-bond donors (Lipinski definition) is 2. The van der Waals surface area contributed by atoms with Gasteiger partial charge in [0.05, 0.1) is 0 Å². The summed E-state index contributed by atoms with van der Waals surface area (Å²) in [6, 6.07) is -0.180. The average Bonchev–Trinajstić information content (AvgIpc) is 3.11. The third-order valence-electron chi connectivity index (χ3n) is 5.85. The van der Waals surface area contributed by atoms with Gasteiger partial charge < -0.3 is 15.5 Å². The number of urea groups is 1. The molecule has 0 aromatic rings. The van der Waals surface area contributed by atoms with Gasteiger partial charge in [-0.05, 0) is 64.7 Å². The van der Waals surface area contributed by atoms with E-state index < -0.39 is 5.54 Å². The fourth-order valence-electron chi connectivity index (χ4n) is 4.29. The van der Waals surface area contributed by atoms with Gasteiger partial charge in [0, 0.05) is 13.1 Å². The number of nitrogens with zero attached hydrogens (tertiary/aromatic N) is 2. The quantitative estimate of drug-likeness (QED) is 0.708. The highest BCUT2D eigenvalue weighted by Crippen LogP contribution is 2.35. The summed E-state index contributed by atoms with van der Waals surface area (Å²) in [4.78, 5) is 28.6. The van der Waals surface area contributed by atoms with Crippen LogP contribution in [-0.4, -0.2) is 67.0 Å². The van der Waals surface area contributed by atoms with Gasteiger partial charge in [-0.3, -0.25) is 9.69 Å². The molecule has 6 nitrogen and oxygen atoms in total. The van der Waals surface area contributed by atoms with Crippen LogP contribution in [0, 0.1) is 5.92 Å². The molecule has 0 atom stereocenters. The fraction of sp³-hybridized carbons (Fsp3) is 0.882. The van der Waals surface area contributed by atoms with Gasteiger partial charge in [-0.15, -0.1) is 12.4 Å². The van der Waals surface area contributed by atoms with E-state index in [2.05, 4.69) is 15.5 Å². The molecule has 7 heteroatoms. The summed E-state index contributed by atoms with van der Waals surface area (Å²) < 4.78 is 0. The lowest BCUT2D eigenvalue weighted by Gasteiger charge is -2.32. The standard InChI is InChI=1S/C17H30N4O2.ClH/c1-18-9-4-14-5-10-20(11-6-14)12-13-21-15(22)17(19-16(21)23)7-2-3-8-17;/h14,18H,2-13H2,1H3,(H,19,23);1H. The first-order chi connectivity index (χ1) is 11.1. The molecule has 0 radical (unpaired) electrons. The third-order valence-corrected chi connectivity index (χ3v) is 5.85. The summed E-state index contributed by atoms with van der Waals surface area (Å²) in [7, 11) is 2.00. The number of halogens is 1. The molecule has 0 aromatic heterocycles. The van der Waals surface area contributed by atoms with E-state index in [0.29, 0.717) is 6.54 Å². The van der Waals surface area contributed by atoms with Crippen LogP contribution < -0.4 is 10.6 Å². The van der Waals surface area contributed by atoms with Gasteiger partial charge in [-0.2, -0.15) is 0 Å². The normalized spacial score (nSPS) is 24.5. The zero-order valence-electron chi connectivity index (χ0n) is 14.7. The van der Waals surface area contributed by atoms with Gasteiger partial charge in [0.25, 0.3) is 5.91 Å². The van der Waals surface area contributed by atoms with E-state index in [4.69, 9.17) is 0 Å². The van der Waals surface area contributed by atoms with Crippen LogP contribution in [0.3, 0.4) is 0 Å². The summed E-state index contributed by atoms with van der Waals surface area (Å²) >= 11 is 0. The van der Waals surface area contributed by atoms with E-state index in [1.807, 2.05) is 7.05 Å². The molecule has 3 rings (SSSR count). The van der Waals surface area contributed by atoms with Crippen molar-refractivity contribution in [2.45, 2.75) is 50.5 Å². The summed E-state index contributed by atoms with van der Waals surface area (Å²) in [5.41, 5.74) is -0.558. The Balaban J connectivity index is 0.00000208. The minimum atomic E-state index is -0.558. The molecule has 0 bridgehead atoms. The topological polar surface area (TPSA) is 64.7 Å². The molecule has 2 N–H and O–H groups in total. The Labute approximate surface area is 151 Å². The van der Waals surface area contributed by atoms with Gasteiger partial charge in [-0.25, -0.2) is 4.79 Å². The number of carbonyl (C=O) groups excluding carboxylic acids is 2. The average molecular weight is 359 g/mol. The Morgan fingerprint density at radius 3 is 2.46 bits per heavy atom. The summed E-state index contributed by atoms with van der Waals surface area (Å²) in [5.74, 6) is 0.834. The zero-order valence-corrected chi connectivity index (χ0v) is 15.5. The molecule has 1 saturated carbocycles. The number of piperidine rings is 1. The number of likely N-dealkylation sites (tertiary alicyclic amines) is 1. The minimum absolute atomic E-state index is 0. The maximum Gasteiger partial charge on any atom is 0.325 e. The van der Waals surface area contributed by atoms with E-state index in [9.17, 15) is 9.59 Å². The summed E-state index contributed by atoms with van der Waals surface area (Å²) in [6.07, 6.45) is 7.41. The van der Waals surface area contributed by atoms with Crippen molar-refractivity contribution < 1.29 is 9.59 Å². The molecule has 2 aliphatic heterocycles. The van der Waals surface area contributed by atoms with Crippen molar-refractivity contribution >= 4 is 24.3 Å². The molecular weight excluding hydrogens is 328 g/mol. The van der Waals surface area contributed by atoms with Gasteiger partial charge in [0.2, 0.25) is 0 Å². The van der Waals surface area contributed by atoms with Crippen LogP contribution in [0.5, 0.6) is 0 Å². The van der Waals surface area contributed by atoms with E-state index in [0.717, 1.165) is 57.8 Å². The van der Waals surface area contributed by atoms with Gasteiger partial charge in [0.1, 0.15) is 5.54 Å². The highest BCUT2D eigenvalue weighted by Gasteiger charge is 2.52. The Kier molecular flexibility index (Phi) is 6.89.